The fraction of sp³-hybridized carbons (Fsp3) is 0.400. The Morgan fingerprint density at radius 2 is 1.79 bits per heavy atom. The maximum absolute atomic E-state index is 12.0. The first-order valence-electron chi connectivity index (χ1n) is 4.29. The van der Waals surface area contributed by atoms with E-state index in [1.807, 2.05) is 0 Å². The number of benzene rings is 1. The summed E-state index contributed by atoms with van der Waals surface area (Å²) in [5.74, 6) is 0.247. The van der Waals surface area contributed by atoms with E-state index in [2.05, 4.69) is 4.74 Å². The van der Waals surface area contributed by atoms with Crippen LogP contribution in [-0.2, 0) is 6.54 Å². The van der Waals surface area contributed by atoms with Crippen LogP contribution in [0.3, 0.4) is 0 Å². The summed E-state index contributed by atoms with van der Waals surface area (Å²) in [5.41, 5.74) is 7.74. The monoisotopic (exact) mass is 201 g/mol. The van der Waals surface area contributed by atoms with E-state index in [0.717, 1.165) is 5.56 Å². The predicted molar refractivity (Wildman–Crippen MR) is 50.4 cm³/mol. The van der Waals surface area contributed by atoms with Gasteiger partial charge in [-0.3, -0.25) is 0 Å². The summed E-state index contributed by atoms with van der Waals surface area (Å²) in [7, 11) is 0. The van der Waals surface area contributed by atoms with Gasteiger partial charge in [0.25, 0.3) is 0 Å². The molecule has 0 radical (unpaired) electrons. The Bertz CT molecular complexity index is 303. The molecule has 0 spiro atoms. The Hall–Kier alpha value is -1.16. The van der Waals surface area contributed by atoms with Gasteiger partial charge in [0, 0.05) is 6.54 Å². The van der Waals surface area contributed by atoms with Gasteiger partial charge in [0.2, 0.25) is 0 Å². The fourth-order valence-electron chi connectivity index (χ4n) is 1.43. The fourth-order valence-corrected chi connectivity index (χ4v) is 1.43. The molecule has 1 rings (SSSR count). The van der Waals surface area contributed by atoms with Crippen molar-refractivity contribution in [1.29, 1.82) is 0 Å². The molecule has 0 saturated carbocycles. The van der Waals surface area contributed by atoms with Gasteiger partial charge in [0.1, 0.15) is 5.75 Å². The lowest BCUT2D eigenvalue weighted by Crippen LogP contribution is -2.06. The highest BCUT2D eigenvalue weighted by molar-refractivity contribution is 5.43. The summed E-state index contributed by atoms with van der Waals surface area (Å²) in [6, 6.07) is 3.51. The van der Waals surface area contributed by atoms with Crippen molar-refractivity contribution < 1.29 is 13.5 Å². The van der Waals surface area contributed by atoms with E-state index in [1.54, 1.807) is 26.0 Å². The quantitative estimate of drug-likeness (QED) is 0.814. The summed E-state index contributed by atoms with van der Waals surface area (Å²) in [6.07, 6.45) is 0. The van der Waals surface area contributed by atoms with Crippen LogP contribution in [0.15, 0.2) is 12.1 Å². The number of ether oxygens (including phenoxy) is 1. The SMILES string of the molecule is Cc1cc(CN)cc(C)c1OC(F)F. The molecule has 0 aliphatic heterocycles. The molecule has 0 aliphatic carbocycles. The van der Waals surface area contributed by atoms with Gasteiger partial charge < -0.3 is 10.5 Å². The number of alkyl halides is 2. The molecular weight excluding hydrogens is 188 g/mol. The average Bonchev–Trinajstić information content (AvgIpc) is 2.10. The molecule has 1 aromatic rings. The van der Waals surface area contributed by atoms with Crippen LogP contribution < -0.4 is 10.5 Å². The molecule has 0 saturated heterocycles. The molecule has 0 bridgehead atoms. The number of nitrogens with two attached hydrogens (primary N) is 1. The Kier molecular flexibility index (Phi) is 3.41. The molecule has 78 valence electrons. The van der Waals surface area contributed by atoms with E-state index in [-0.39, 0.29) is 5.75 Å². The van der Waals surface area contributed by atoms with Gasteiger partial charge in [-0.2, -0.15) is 8.78 Å². The molecule has 0 atom stereocenters. The smallest absolute Gasteiger partial charge is 0.387 e. The van der Waals surface area contributed by atoms with Crippen LogP contribution in [0.25, 0.3) is 0 Å². The van der Waals surface area contributed by atoms with E-state index in [1.165, 1.54) is 0 Å². The molecule has 0 amide bonds. The van der Waals surface area contributed by atoms with Crippen LogP contribution in [0.4, 0.5) is 8.78 Å². The van der Waals surface area contributed by atoms with Gasteiger partial charge in [-0.1, -0.05) is 12.1 Å². The molecule has 14 heavy (non-hydrogen) atoms. The van der Waals surface area contributed by atoms with Crippen molar-refractivity contribution in [2.45, 2.75) is 27.0 Å². The Labute approximate surface area is 81.7 Å². The third-order valence-corrected chi connectivity index (χ3v) is 1.96. The Balaban J connectivity index is 3.05. The zero-order chi connectivity index (χ0) is 10.7. The minimum absolute atomic E-state index is 0.247. The van der Waals surface area contributed by atoms with Crippen LogP contribution in [0, 0.1) is 13.8 Å². The Morgan fingerprint density at radius 3 is 2.14 bits per heavy atom. The second-order valence-electron chi connectivity index (χ2n) is 3.14. The van der Waals surface area contributed by atoms with Crippen molar-refractivity contribution >= 4 is 0 Å². The standard InChI is InChI=1S/C10H13F2NO/c1-6-3-8(5-13)4-7(2)9(6)14-10(11)12/h3-4,10H,5,13H2,1-2H3. The molecule has 2 nitrogen and oxygen atoms in total. The minimum atomic E-state index is -2.78. The third-order valence-electron chi connectivity index (χ3n) is 1.96. The van der Waals surface area contributed by atoms with Crippen molar-refractivity contribution in [1.82, 2.24) is 0 Å². The van der Waals surface area contributed by atoms with Gasteiger partial charge in [0.15, 0.2) is 0 Å². The van der Waals surface area contributed by atoms with Crippen molar-refractivity contribution in [2.75, 3.05) is 0 Å². The summed E-state index contributed by atoms with van der Waals surface area (Å²) < 4.78 is 28.4. The third kappa shape index (κ3) is 2.42. The zero-order valence-corrected chi connectivity index (χ0v) is 8.18. The van der Waals surface area contributed by atoms with Gasteiger partial charge in [-0.15, -0.1) is 0 Å². The first-order valence-corrected chi connectivity index (χ1v) is 4.29. The van der Waals surface area contributed by atoms with Crippen LogP contribution >= 0.6 is 0 Å². The number of rotatable bonds is 3. The summed E-state index contributed by atoms with van der Waals surface area (Å²) >= 11 is 0. The molecule has 1 aromatic carbocycles. The molecule has 0 aromatic heterocycles. The molecular formula is C10H13F2NO. The van der Waals surface area contributed by atoms with E-state index < -0.39 is 6.61 Å². The van der Waals surface area contributed by atoms with Crippen LogP contribution in [-0.4, -0.2) is 6.61 Å². The number of halogens is 2. The number of hydrogen-bond donors (Lipinski definition) is 1. The average molecular weight is 201 g/mol. The van der Waals surface area contributed by atoms with Gasteiger partial charge >= 0.3 is 6.61 Å². The van der Waals surface area contributed by atoms with Gasteiger partial charge in [-0.25, -0.2) is 0 Å². The minimum Gasteiger partial charge on any atom is -0.434 e. The molecule has 0 fully saturated rings. The second kappa shape index (κ2) is 4.37. The van der Waals surface area contributed by atoms with Crippen LogP contribution in [0.2, 0.25) is 0 Å². The van der Waals surface area contributed by atoms with Crippen molar-refractivity contribution in [3.05, 3.63) is 28.8 Å². The molecule has 2 N–H and O–H groups in total. The van der Waals surface area contributed by atoms with Crippen molar-refractivity contribution in [3.63, 3.8) is 0 Å². The summed E-state index contributed by atoms with van der Waals surface area (Å²) in [5, 5.41) is 0. The maximum atomic E-state index is 12.0. The first-order chi connectivity index (χ1) is 6.54. The zero-order valence-electron chi connectivity index (χ0n) is 8.18. The normalized spacial score (nSPS) is 10.7. The molecule has 0 aliphatic rings. The highest BCUT2D eigenvalue weighted by atomic mass is 19.3. The van der Waals surface area contributed by atoms with E-state index in [0.29, 0.717) is 17.7 Å². The van der Waals surface area contributed by atoms with Crippen molar-refractivity contribution in [2.24, 2.45) is 5.73 Å². The largest absolute Gasteiger partial charge is 0.434 e. The van der Waals surface area contributed by atoms with Crippen LogP contribution in [0.5, 0.6) is 5.75 Å². The van der Waals surface area contributed by atoms with E-state index >= 15 is 0 Å². The van der Waals surface area contributed by atoms with E-state index in [4.69, 9.17) is 5.73 Å². The topological polar surface area (TPSA) is 35.2 Å². The lowest BCUT2D eigenvalue weighted by molar-refractivity contribution is -0.0507. The Morgan fingerprint density at radius 1 is 1.29 bits per heavy atom. The predicted octanol–water partition coefficient (Wildman–Crippen LogP) is 2.36. The van der Waals surface area contributed by atoms with Crippen molar-refractivity contribution in [3.8, 4) is 5.75 Å². The lowest BCUT2D eigenvalue weighted by Gasteiger charge is -2.12. The van der Waals surface area contributed by atoms with Crippen LogP contribution in [0.1, 0.15) is 16.7 Å². The highest BCUT2D eigenvalue weighted by Crippen LogP contribution is 2.26. The molecule has 4 heteroatoms. The van der Waals surface area contributed by atoms with Gasteiger partial charge in [0.05, 0.1) is 0 Å². The summed E-state index contributed by atoms with van der Waals surface area (Å²) in [6.45, 7) is 1.07. The molecule has 0 unspecified atom stereocenters. The molecule has 0 heterocycles. The van der Waals surface area contributed by atoms with Gasteiger partial charge in [-0.05, 0) is 30.5 Å². The second-order valence-corrected chi connectivity index (χ2v) is 3.14. The lowest BCUT2D eigenvalue weighted by atomic mass is 10.1. The number of hydrogen-bond acceptors (Lipinski definition) is 2. The van der Waals surface area contributed by atoms with E-state index in [9.17, 15) is 8.78 Å². The number of aryl methyl sites for hydroxylation is 2. The summed E-state index contributed by atoms with van der Waals surface area (Å²) in [4.78, 5) is 0. The maximum Gasteiger partial charge on any atom is 0.387 e. The first kappa shape index (κ1) is 10.9. The highest BCUT2D eigenvalue weighted by Gasteiger charge is 2.10.